The van der Waals surface area contributed by atoms with E-state index in [1.807, 2.05) is 23.6 Å². The zero-order valence-corrected chi connectivity index (χ0v) is 10.6. The van der Waals surface area contributed by atoms with Crippen LogP contribution in [0.5, 0.6) is 0 Å². The van der Waals surface area contributed by atoms with Crippen LogP contribution in [0.15, 0.2) is 72.1 Å². The van der Waals surface area contributed by atoms with Crippen LogP contribution in [0.25, 0.3) is 0 Å². The van der Waals surface area contributed by atoms with Crippen molar-refractivity contribution in [2.24, 2.45) is 0 Å². The predicted molar refractivity (Wildman–Crippen MR) is 77.8 cm³/mol. The van der Waals surface area contributed by atoms with Gasteiger partial charge >= 0.3 is 0 Å². The third kappa shape index (κ3) is 2.15. The van der Waals surface area contributed by atoms with E-state index in [-0.39, 0.29) is 0 Å². The fourth-order valence-electron chi connectivity index (χ4n) is 1.91. The molecule has 0 aliphatic rings. The number of nitrogens with zero attached hydrogens (tertiary/aromatic N) is 1. The maximum Gasteiger partial charge on any atom is 0.101 e. The first-order valence-electron chi connectivity index (χ1n) is 5.80. The Kier molecular flexibility index (Phi) is 3.11. The van der Waals surface area contributed by atoms with E-state index in [0.717, 1.165) is 0 Å². The Morgan fingerprint density at radius 1 is 0.778 bits per heavy atom. The van der Waals surface area contributed by atoms with Crippen LogP contribution < -0.4 is 4.90 Å². The Hall–Kier alpha value is -2.06. The summed E-state index contributed by atoms with van der Waals surface area (Å²) < 4.78 is 0. The van der Waals surface area contributed by atoms with Gasteiger partial charge in [-0.05, 0) is 36.4 Å². The van der Waals surface area contributed by atoms with Gasteiger partial charge in [0.05, 0.1) is 0 Å². The molecule has 3 rings (SSSR count). The molecular formula is C16H12NS. The van der Waals surface area contributed by atoms with E-state index in [1.54, 1.807) is 11.3 Å². The SMILES string of the molecule is [c]1csc(N(c2ccccc2)c2ccccc2)c1. The van der Waals surface area contributed by atoms with Crippen LogP contribution in [0.2, 0.25) is 0 Å². The molecule has 2 heteroatoms. The lowest BCUT2D eigenvalue weighted by Crippen LogP contribution is -2.07. The fraction of sp³-hybridized carbons (Fsp3) is 0. The summed E-state index contributed by atoms with van der Waals surface area (Å²) in [6, 6.07) is 25.9. The molecule has 0 unspecified atom stereocenters. The molecule has 0 atom stereocenters. The molecule has 1 radical (unpaired) electrons. The second-order valence-corrected chi connectivity index (χ2v) is 4.78. The highest BCUT2D eigenvalue weighted by atomic mass is 32.1. The standard InChI is InChI=1S/C16H12NS/c1-3-8-14(9-4-1)17(16-12-7-13-18-16)15-10-5-2-6-11-15/h1-6,8-13H. The number of benzene rings is 2. The molecule has 1 aromatic heterocycles. The molecule has 3 aromatic rings. The highest BCUT2D eigenvalue weighted by molar-refractivity contribution is 7.14. The molecule has 0 amide bonds. The van der Waals surface area contributed by atoms with Gasteiger partial charge in [-0.1, -0.05) is 36.4 Å². The van der Waals surface area contributed by atoms with Gasteiger partial charge in [-0.15, -0.1) is 11.3 Å². The minimum absolute atomic E-state index is 1.17. The van der Waals surface area contributed by atoms with Crippen molar-refractivity contribution in [3.63, 3.8) is 0 Å². The summed E-state index contributed by atoms with van der Waals surface area (Å²) in [6.07, 6.45) is 0. The van der Waals surface area contributed by atoms with Gasteiger partial charge in [0.1, 0.15) is 5.00 Å². The Morgan fingerprint density at radius 2 is 1.33 bits per heavy atom. The van der Waals surface area contributed by atoms with E-state index >= 15 is 0 Å². The van der Waals surface area contributed by atoms with Gasteiger partial charge in [-0.3, -0.25) is 0 Å². The Bertz CT molecular complexity index is 548. The summed E-state index contributed by atoms with van der Waals surface area (Å²) in [5, 5.41) is 3.15. The van der Waals surface area contributed by atoms with Crippen LogP contribution in [0.3, 0.4) is 0 Å². The highest BCUT2D eigenvalue weighted by Gasteiger charge is 2.11. The van der Waals surface area contributed by atoms with Crippen molar-refractivity contribution in [3.8, 4) is 0 Å². The molecule has 0 aliphatic carbocycles. The van der Waals surface area contributed by atoms with Crippen molar-refractivity contribution in [1.29, 1.82) is 0 Å². The van der Waals surface area contributed by atoms with Crippen LogP contribution >= 0.6 is 11.3 Å². The van der Waals surface area contributed by atoms with E-state index in [4.69, 9.17) is 0 Å². The molecule has 87 valence electrons. The van der Waals surface area contributed by atoms with Crippen molar-refractivity contribution in [3.05, 3.63) is 78.2 Å². The fourth-order valence-corrected chi connectivity index (χ4v) is 2.62. The first-order chi connectivity index (χ1) is 8.95. The van der Waals surface area contributed by atoms with Crippen LogP contribution in [-0.2, 0) is 0 Å². The first kappa shape index (κ1) is 11.1. The Balaban J connectivity index is 2.11. The number of hydrogen-bond donors (Lipinski definition) is 0. The van der Waals surface area contributed by atoms with E-state index in [2.05, 4.69) is 59.5 Å². The second-order valence-electron chi connectivity index (χ2n) is 3.89. The highest BCUT2D eigenvalue weighted by Crippen LogP contribution is 2.36. The zero-order chi connectivity index (χ0) is 12.2. The van der Waals surface area contributed by atoms with E-state index in [1.165, 1.54) is 16.4 Å². The molecule has 0 N–H and O–H groups in total. The largest absolute Gasteiger partial charge is 0.302 e. The maximum atomic E-state index is 3.13. The van der Waals surface area contributed by atoms with Gasteiger partial charge in [0.25, 0.3) is 0 Å². The topological polar surface area (TPSA) is 3.24 Å². The van der Waals surface area contributed by atoms with Gasteiger partial charge in [0.2, 0.25) is 0 Å². The lowest BCUT2D eigenvalue weighted by Gasteiger charge is -2.23. The average Bonchev–Trinajstić information content (AvgIpc) is 2.95. The predicted octanol–water partition coefficient (Wildman–Crippen LogP) is 5.02. The first-order valence-corrected chi connectivity index (χ1v) is 6.68. The average molecular weight is 250 g/mol. The van der Waals surface area contributed by atoms with Gasteiger partial charge in [0, 0.05) is 16.8 Å². The van der Waals surface area contributed by atoms with Crippen LogP contribution in [0.4, 0.5) is 16.4 Å². The van der Waals surface area contributed by atoms with Crippen molar-refractivity contribution in [2.45, 2.75) is 0 Å². The molecule has 1 heterocycles. The van der Waals surface area contributed by atoms with Crippen LogP contribution in [-0.4, -0.2) is 0 Å². The Labute approximate surface area is 111 Å². The third-order valence-electron chi connectivity index (χ3n) is 2.70. The normalized spacial score (nSPS) is 10.2. The summed E-state index contributed by atoms with van der Waals surface area (Å²) in [4.78, 5) is 2.24. The van der Waals surface area contributed by atoms with Crippen molar-refractivity contribution in [1.82, 2.24) is 0 Å². The lowest BCUT2D eigenvalue weighted by atomic mass is 10.2. The quantitative estimate of drug-likeness (QED) is 0.631. The lowest BCUT2D eigenvalue weighted by molar-refractivity contribution is 1.32. The van der Waals surface area contributed by atoms with E-state index in [0.29, 0.717) is 0 Å². The zero-order valence-electron chi connectivity index (χ0n) is 9.78. The molecular weight excluding hydrogens is 238 g/mol. The minimum atomic E-state index is 1.17. The molecule has 1 nitrogen and oxygen atoms in total. The van der Waals surface area contributed by atoms with Crippen LogP contribution in [0, 0.1) is 6.07 Å². The summed E-state index contributed by atoms with van der Waals surface area (Å²) in [6.45, 7) is 0. The van der Waals surface area contributed by atoms with Gasteiger partial charge in [0.15, 0.2) is 0 Å². The van der Waals surface area contributed by atoms with Gasteiger partial charge < -0.3 is 4.90 Å². The smallest absolute Gasteiger partial charge is 0.101 e. The summed E-state index contributed by atoms with van der Waals surface area (Å²) in [5.74, 6) is 0. The van der Waals surface area contributed by atoms with E-state index in [9.17, 15) is 0 Å². The van der Waals surface area contributed by atoms with E-state index < -0.39 is 0 Å². The second kappa shape index (κ2) is 5.07. The molecule has 0 saturated heterocycles. The molecule has 0 saturated carbocycles. The number of rotatable bonds is 3. The van der Waals surface area contributed by atoms with Gasteiger partial charge in [-0.2, -0.15) is 0 Å². The Morgan fingerprint density at radius 3 is 1.78 bits per heavy atom. The molecule has 0 bridgehead atoms. The number of anilines is 3. The van der Waals surface area contributed by atoms with Gasteiger partial charge in [-0.25, -0.2) is 0 Å². The summed E-state index contributed by atoms with van der Waals surface area (Å²) >= 11 is 1.69. The summed E-state index contributed by atoms with van der Waals surface area (Å²) in [7, 11) is 0. The van der Waals surface area contributed by atoms with Crippen LogP contribution in [0.1, 0.15) is 0 Å². The van der Waals surface area contributed by atoms with Crippen molar-refractivity contribution < 1.29 is 0 Å². The molecule has 2 aromatic carbocycles. The third-order valence-corrected chi connectivity index (χ3v) is 3.50. The minimum Gasteiger partial charge on any atom is -0.302 e. The molecule has 0 aliphatic heterocycles. The molecule has 0 fully saturated rings. The number of hydrogen-bond acceptors (Lipinski definition) is 2. The maximum absolute atomic E-state index is 3.13. The molecule has 0 spiro atoms. The summed E-state index contributed by atoms with van der Waals surface area (Å²) in [5.41, 5.74) is 2.33. The monoisotopic (exact) mass is 250 g/mol. The number of thiophene rings is 1. The number of para-hydroxylation sites is 2. The van der Waals surface area contributed by atoms with Crippen molar-refractivity contribution in [2.75, 3.05) is 4.90 Å². The van der Waals surface area contributed by atoms with Crippen molar-refractivity contribution >= 4 is 27.7 Å². The molecule has 18 heavy (non-hydrogen) atoms.